The summed E-state index contributed by atoms with van der Waals surface area (Å²) in [6, 6.07) is 3.82. The third kappa shape index (κ3) is 3.35. The van der Waals surface area contributed by atoms with Crippen LogP contribution in [0.2, 0.25) is 0 Å². The topological polar surface area (TPSA) is 15.3 Å². The molecule has 21 heavy (non-hydrogen) atoms. The minimum absolute atomic E-state index is 0.705. The molecule has 3 rings (SSSR count). The second kappa shape index (κ2) is 6.39. The predicted octanol–water partition coefficient (Wildman–Crippen LogP) is 3.96. The van der Waals surface area contributed by atoms with E-state index in [0.717, 1.165) is 24.4 Å². The van der Waals surface area contributed by atoms with Crippen molar-refractivity contribution in [3.05, 3.63) is 21.4 Å². The first-order valence-electron chi connectivity index (χ1n) is 8.58. The van der Waals surface area contributed by atoms with E-state index in [1.807, 2.05) is 11.3 Å². The van der Waals surface area contributed by atoms with Gasteiger partial charge in [-0.15, -0.1) is 11.3 Å². The lowest BCUT2D eigenvalue weighted by atomic mass is 9.73. The number of likely N-dealkylation sites (tertiary alicyclic amines) is 1. The number of aryl methyl sites for hydroxylation is 2. The molecule has 0 spiro atoms. The SMILES string of the molecule is Cc1cc(CNC2C3CCCC2CN(C(C)C)C3)sc1C. The van der Waals surface area contributed by atoms with Crippen molar-refractivity contribution in [3.63, 3.8) is 0 Å². The molecule has 0 amide bonds. The van der Waals surface area contributed by atoms with Crippen LogP contribution in [0.25, 0.3) is 0 Å². The monoisotopic (exact) mass is 306 g/mol. The van der Waals surface area contributed by atoms with E-state index in [1.165, 1.54) is 47.7 Å². The normalized spacial score (nSPS) is 30.0. The van der Waals surface area contributed by atoms with Gasteiger partial charge in [-0.1, -0.05) is 6.42 Å². The molecule has 1 aliphatic heterocycles. The molecule has 2 heterocycles. The minimum Gasteiger partial charge on any atom is -0.308 e. The summed E-state index contributed by atoms with van der Waals surface area (Å²) in [7, 11) is 0. The molecule has 2 nitrogen and oxygen atoms in total. The van der Waals surface area contributed by atoms with Crippen LogP contribution in [-0.4, -0.2) is 30.1 Å². The van der Waals surface area contributed by atoms with E-state index < -0.39 is 0 Å². The first kappa shape index (κ1) is 15.5. The molecule has 2 unspecified atom stereocenters. The van der Waals surface area contributed by atoms with Crippen LogP contribution >= 0.6 is 11.3 Å². The number of fused-ring (bicyclic) bond motifs is 2. The lowest BCUT2D eigenvalue weighted by Gasteiger charge is -2.49. The Morgan fingerprint density at radius 3 is 2.43 bits per heavy atom. The quantitative estimate of drug-likeness (QED) is 0.905. The number of nitrogens with one attached hydrogen (secondary N) is 1. The molecule has 1 N–H and O–H groups in total. The van der Waals surface area contributed by atoms with Crippen molar-refractivity contribution >= 4 is 11.3 Å². The van der Waals surface area contributed by atoms with E-state index in [-0.39, 0.29) is 0 Å². The van der Waals surface area contributed by atoms with Crippen LogP contribution in [0.3, 0.4) is 0 Å². The van der Waals surface area contributed by atoms with E-state index in [4.69, 9.17) is 0 Å². The van der Waals surface area contributed by atoms with Crippen LogP contribution in [0, 0.1) is 25.7 Å². The predicted molar refractivity (Wildman–Crippen MR) is 92.0 cm³/mol. The molecular weight excluding hydrogens is 276 g/mol. The lowest BCUT2D eigenvalue weighted by Crippen LogP contribution is -2.58. The zero-order chi connectivity index (χ0) is 15.0. The molecule has 0 aromatic carbocycles. The highest BCUT2D eigenvalue weighted by atomic mass is 32.1. The van der Waals surface area contributed by atoms with Gasteiger partial charge in [0, 0.05) is 41.5 Å². The molecule has 3 heteroatoms. The molecule has 0 radical (unpaired) electrons. The average Bonchev–Trinajstić information content (AvgIpc) is 2.74. The van der Waals surface area contributed by atoms with Crippen molar-refractivity contribution in [2.75, 3.05) is 13.1 Å². The molecular formula is C18H30N2S. The van der Waals surface area contributed by atoms with Gasteiger partial charge in [-0.2, -0.15) is 0 Å². The first-order chi connectivity index (χ1) is 10.0. The highest BCUT2D eigenvalue weighted by molar-refractivity contribution is 7.12. The minimum atomic E-state index is 0.705. The van der Waals surface area contributed by atoms with Crippen molar-refractivity contribution in [1.29, 1.82) is 0 Å². The van der Waals surface area contributed by atoms with Gasteiger partial charge in [0.05, 0.1) is 0 Å². The maximum Gasteiger partial charge on any atom is 0.0302 e. The Labute approximate surface area is 133 Å². The van der Waals surface area contributed by atoms with Gasteiger partial charge in [-0.25, -0.2) is 0 Å². The summed E-state index contributed by atoms with van der Waals surface area (Å²) in [5, 5.41) is 3.92. The fraction of sp³-hybridized carbons (Fsp3) is 0.778. The summed E-state index contributed by atoms with van der Waals surface area (Å²) < 4.78 is 0. The number of nitrogens with zero attached hydrogens (tertiary/aromatic N) is 1. The van der Waals surface area contributed by atoms with Crippen molar-refractivity contribution < 1.29 is 0 Å². The third-order valence-corrected chi connectivity index (χ3v) is 6.72. The van der Waals surface area contributed by atoms with Gasteiger partial charge >= 0.3 is 0 Å². The van der Waals surface area contributed by atoms with Crippen LogP contribution in [-0.2, 0) is 6.54 Å². The van der Waals surface area contributed by atoms with Gasteiger partial charge in [-0.3, -0.25) is 0 Å². The van der Waals surface area contributed by atoms with Crippen LogP contribution in [0.5, 0.6) is 0 Å². The molecule has 2 fully saturated rings. The molecule has 1 aliphatic carbocycles. The largest absolute Gasteiger partial charge is 0.308 e. The van der Waals surface area contributed by atoms with E-state index in [2.05, 4.69) is 44.0 Å². The fourth-order valence-electron chi connectivity index (χ4n) is 4.18. The number of hydrogen-bond acceptors (Lipinski definition) is 3. The summed E-state index contributed by atoms with van der Waals surface area (Å²) in [6.45, 7) is 12.8. The van der Waals surface area contributed by atoms with Crippen molar-refractivity contribution in [2.45, 2.75) is 65.6 Å². The van der Waals surface area contributed by atoms with Gasteiger partial charge in [0.1, 0.15) is 0 Å². The molecule has 2 atom stereocenters. The van der Waals surface area contributed by atoms with Crippen LogP contribution < -0.4 is 5.32 Å². The first-order valence-corrected chi connectivity index (χ1v) is 9.39. The smallest absolute Gasteiger partial charge is 0.0302 e. The Balaban J connectivity index is 1.62. The highest BCUT2D eigenvalue weighted by Crippen LogP contribution is 2.36. The lowest BCUT2D eigenvalue weighted by molar-refractivity contribution is 0.0291. The third-order valence-electron chi connectivity index (χ3n) is 5.56. The summed E-state index contributed by atoms with van der Waals surface area (Å²) in [4.78, 5) is 5.68. The van der Waals surface area contributed by atoms with Gasteiger partial charge in [0.25, 0.3) is 0 Å². The number of thiophene rings is 1. The molecule has 118 valence electrons. The molecule has 2 aliphatic rings. The van der Waals surface area contributed by atoms with E-state index in [0.29, 0.717) is 6.04 Å². The van der Waals surface area contributed by atoms with E-state index in [9.17, 15) is 0 Å². The average molecular weight is 307 g/mol. The van der Waals surface area contributed by atoms with E-state index in [1.54, 1.807) is 0 Å². The summed E-state index contributed by atoms with van der Waals surface area (Å²) in [5.41, 5.74) is 1.45. The maximum atomic E-state index is 3.92. The summed E-state index contributed by atoms with van der Waals surface area (Å²) >= 11 is 1.96. The van der Waals surface area contributed by atoms with Gasteiger partial charge in [0.2, 0.25) is 0 Å². The number of rotatable bonds is 4. The molecule has 1 saturated carbocycles. The second-order valence-electron chi connectivity index (χ2n) is 7.36. The van der Waals surface area contributed by atoms with Crippen LogP contribution in [0.4, 0.5) is 0 Å². The zero-order valence-electron chi connectivity index (χ0n) is 14.0. The Morgan fingerprint density at radius 2 is 1.90 bits per heavy atom. The van der Waals surface area contributed by atoms with Gasteiger partial charge in [-0.05, 0) is 64.0 Å². The summed E-state index contributed by atoms with van der Waals surface area (Å²) in [5.74, 6) is 1.73. The van der Waals surface area contributed by atoms with Crippen LogP contribution in [0.15, 0.2) is 6.07 Å². The Kier molecular flexibility index (Phi) is 4.72. The number of piperidine rings is 1. The highest BCUT2D eigenvalue weighted by Gasteiger charge is 2.39. The van der Waals surface area contributed by atoms with Crippen molar-refractivity contribution in [2.24, 2.45) is 11.8 Å². The van der Waals surface area contributed by atoms with Crippen molar-refractivity contribution in [3.8, 4) is 0 Å². The van der Waals surface area contributed by atoms with Crippen molar-refractivity contribution in [1.82, 2.24) is 10.2 Å². The second-order valence-corrected chi connectivity index (χ2v) is 8.70. The molecule has 2 bridgehead atoms. The fourth-order valence-corrected chi connectivity index (χ4v) is 5.19. The maximum absolute atomic E-state index is 3.92. The Hall–Kier alpha value is -0.380. The molecule has 1 aromatic rings. The molecule has 1 saturated heterocycles. The van der Waals surface area contributed by atoms with Gasteiger partial charge in [0.15, 0.2) is 0 Å². The van der Waals surface area contributed by atoms with Crippen LogP contribution in [0.1, 0.15) is 48.4 Å². The Bertz CT molecular complexity index is 446. The molecule has 1 aromatic heterocycles. The Morgan fingerprint density at radius 1 is 1.24 bits per heavy atom. The standard InChI is InChI=1S/C18H30N2S/c1-12(2)20-10-15-6-5-7-16(11-20)18(15)19-9-17-8-13(3)14(4)21-17/h8,12,15-16,18-19H,5-7,9-11H2,1-4H3. The number of hydrogen-bond donors (Lipinski definition) is 1. The summed E-state index contributed by atoms with van der Waals surface area (Å²) in [6.07, 6.45) is 4.27. The zero-order valence-corrected chi connectivity index (χ0v) is 14.8. The van der Waals surface area contributed by atoms with Gasteiger partial charge < -0.3 is 10.2 Å². The van der Waals surface area contributed by atoms with E-state index >= 15 is 0 Å².